The summed E-state index contributed by atoms with van der Waals surface area (Å²) in [5.74, 6) is -0.114. The standard InChI is InChI=1S/C23H25N3O2/c1-16-11-12-21(18(3)25-16)19-8-5-9-20(15-19)23(28)24-13-6-14-26-17(2)7-4-10-22(26)27/h4-5,7-12,15H,6,13-14H2,1-3H3,(H,24,28). The van der Waals surface area contributed by atoms with Crippen molar-refractivity contribution in [3.05, 3.63) is 87.6 Å². The second-order valence-electron chi connectivity index (χ2n) is 6.93. The molecule has 0 fully saturated rings. The van der Waals surface area contributed by atoms with Crippen LogP contribution in [0.4, 0.5) is 0 Å². The van der Waals surface area contributed by atoms with Gasteiger partial charge in [-0.15, -0.1) is 0 Å². The molecular formula is C23H25N3O2. The van der Waals surface area contributed by atoms with E-state index in [0.717, 1.165) is 28.2 Å². The number of nitrogens with one attached hydrogen (secondary N) is 1. The number of carbonyl (C=O) groups excluding carboxylic acids is 1. The fraction of sp³-hybridized carbons (Fsp3) is 0.261. The lowest BCUT2D eigenvalue weighted by atomic mass is 10.0. The van der Waals surface area contributed by atoms with E-state index in [1.807, 2.05) is 63.2 Å². The van der Waals surface area contributed by atoms with E-state index >= 15 is 0 Å². The number of benzene rings is 1. The van der Waals surface area contributed by atoms with E-state index < -0.39 is 0 Å². The van der Waals surface area contributed by atoms with Gasteiger partial charge in [-0.2, -0.15) is 0 Å². The molecule has 1 amide bonds. The molecule has 0 spiro atoms. The molecule has 0 aliphatic carbocycles. The SMILES string of the molecule is Cc1ccc(-c2cccc(C(=O)NCCCn3c(C)cccc3=O)c2)c(C)n1. The topological polar surface area (TPSA) is 64.0 Å². The quantitative estimate of drug-likeness (QED) is 0.669. The van der Waals surface area contributed by atoms with Crippen LogP contribution in [0.25, 0.3) is 11.1 Å². The fourth-order valence-corrected chi connectivity index (χ4v) is 3.27. The number of aromatic nitrogens is 2. The molecule has 0 aliphatic rings. The van der Waals surface area contributed by atoms with Crippen molar-refractivity contribution in [3.8, 4) is 11.1 Å². The lowest BCUT2D eigenvalue weighted by molar-refractivity contribution is 0.0952. The summed E-state index contributed by atoms with van der Waals surface area (Å²) in [5, 5.41) is 2.94. The highest BCUT2D eigenvalue weighted by molar-refractivity contribution is 5.95. The Balaban J connectivity index is 1.63. The average molecular weight is 375 g/mol. The third-order valence-electron chi connectivity index (χ3n) is 4.77. The van der Waals surface area contributed by atoms with E-state index in [2.05, 4.69) is 10.3 Å². The van der Waals surface area contributed by atoms with Crippen LogP contribution in [0.2, 0.25) is 0 Å². The lowest BCUT2D eigenvalue weighted by Crippen LogP contribution is -2.27. The molecule has 3 rings (SSSR count). The number of carbonyl (C=O) groups is 1. The fourth-order valence-electron chi connectivity index (χ4n) is 3.27. The van der Waals surface area contributed by atoms with Gasteiger partial charge in [0, 0.05) is 47.4 Å². The van der Waals surface area contributed by atoms with Crippen LogP contribution in [0.1, 0.15) is 33.9 Å². The highest BCUT2D eigenvalue weighted by Gasteiger charge is 2.09. The van der Waals surface area contributed by atoms with E-state index in [4.69, 9.17) is 0 Å². The third-order valence-corrected chi connectivity index (χ3v) is 4.77. The molecule has 0 unspecified atom stereocenters. The number of amides is 1. The second-order valence-corrected chi connectivity index (χ2v) is 6.93. The van der Waals surface area contributed by atoms with Gasteiger partial charge >= 0.3 is 0 Å². The Kier molecular flexibility index (Phi) is 6.04. The van der Waals surface area contributed by atoms with Gasteiger partial charge in [0.1, 0.15) is 0 Å². The van der Waals surface area contributed by atoms with Gasteiger partial charge < -0.3 is 9.88 Å². The van der Waals surface area contributed by atoms with E-state index in [1.165, 1.54) is 0 Å². The Morgan fingerprint density at radius 1 is 1.04 bits per heavy atom. The van der Waals surface area contributed by atoms with Crippen molar-refractivity contribution in [2.45, 2.75) is 33.7 Å². The molecular weight excluding hydrogens is 350 g/mol. The summed E-state index contributed by atoms with van der Waals surface area (Å²) in [5.41, 5.74) is 5.45. The molecule has 0 saturated carbocycles. The lowest BCUT2D eigenvalue weighted by Gasteiger charge is -2.11. The van der Waals surface area contributed by atoms with Crippen molar-refractivity contribution in [1.82, 2.24) is 14.9 Å². The Labute approximate surface area is 165 Å². The first-order chi connectivity index (χ1) is 13.5. The summed E-state index contributed by atoms with van der Waals surface area (Å²) < 4.78 is 1.72. The minimum Gasteiger partial charge on any atom is -0.352 e. The highest BCUT2D eigenvalue weighted by Crippen LogP contribution is 2.23. The zero-order chi connectivity index (χ0) is 20.1. The van der Waals surface area contributed by atoms with Crippen molar-refractivity contribution in [1.29, 1.82) is 0 Å². The van der Waals surface area contributed by atoms with Crippen LogP contribution in [0.5, 0.6) is 0 Å². The smallest absolute Gasteiger partial charge is 0.251 e. The summed E-state index contributed by atoms with van der Waals surface area (Å²) in [6.07, 6.45) is 0.692. The normalized spacial score (nSPS) is 10.7. The first kappa shape index (κ1) is 19.5. The van der Waals surface area contributed by atoms with Gasteiger partial charge in [-0.3, -0.25) is 14.6 Å². The molecule has 144 valence electrons. The van der Waals surface area contributed by atoms with Gasteiger partial charge in [0.15, 0.2) is 0 Å². The third kappa shape index (κ3) is 4.55. The van der Waals surface area contributed by atoms with Gasteiger partial charge in [-0.1, -0.05) is 24.3 Å². The molecule has 0 atom stereocenters. The predicted octanol–water partition coefficient (Wildman–Crippen LogP) is 3.66. The van der Waals surface area contributed by atoms with Gasteiger partial charge in [-0.25, -0.2) is 0 Å². The van der Waals surface area contributed by atoms with Crippen molar-refractivity contribution in [2.24, 2.45) is 0 Å². The number of hydrogen-bond acceptors (Lipinski definition) is 3. The first-order valence-corrected chi connectivity index (χ1v) is 9.45. The van der Waals surface area contributed by atoms with Crippen molar-refractivity contribution < 1.29 is 4.79 Å². The van der Waals surface area contributed by atoms with E-state index in [0.29, 0.717) is 25.1 Å². The number of rotatable bonds is 6. The number of pyridine rings is 2. The summed E-state index contributed by atoms with van der Waals surface area (Å²) in [4.78, 5) is 28.9. The summed E-state index contributed by atoms with van der Waals surface area (Å²) in [6.45, 7) is 6.94. The largest absolute Gasteiger partial charge is 0.352 e. The summed E-state index contributed by atoms with van der Waals surface area (Å²) in [7, 11) is 0. The van der Waals surface area contributed by atoms with Crippen LogP contribution in [0.15, 0.2) is 59.4 Å². The molecule has 0 bridgehead atoms. The second kappa shape index (κ2) is 8.65. The Hall–Kier alpha value is -3.21. The van der Waals surface area contributed by atoms with Gasteiger partial charge in [-0.05, 0) is 57.0 Å². The number of aryl methyl sites for hydroxylation is 3. The average Bonchev–Trinajstić information content (AvgIpc) is 2.67. The van der Waals surface area contributed by atoms with Crippen molar-refractivity contribution in [3.63, 3.8) is 0 Å². The van der Waals surface area contributed by atoms with Crippen LogP contribution in [0, 0.1) is 20.8 Å². The highest BCUT2D eigenvalue weighted by atomic mass is 16.1. The van der Waals surface area contributed by atoms with Crippen LogP contribution >= 0.6 is 0 Å². The number of nitrogens with zero attached hydrogens (tertiary/aromatic N) is 2. The molecule has 5 heteroatoms. The molecule has 0 aliphatic heterocycles. The van der Waals surface area contributed by atoms with Crippen LogP contribution in [0.3, 0.4) is 0 Å². The van der Waals surface area contributed by atoms with Crippen LogP contribution < -0.4 is 10.9 Å². The zero-order valence-electron chi connectivity index (χ0n) is 16.5. The molecule has 2 heterocycles. The van der Waals surface area contributed by atoms with Crippen molar-refractivity contribution in [2.75, 3.05) is 6.54 Å². The Morgan fingerprint density at radius 3 is 2.57 bits per heavy atom. The minimum absolute atomic E-state index is 0.0129. The maximum atomic E-state index is 12.5. The first-order valence-electron chi connectivity index (χ1n) is 9.45. The molecule has 1 aromatic carbocycles. The molecule has 5 nitrogen and oxygen atoms in total. The van der Waals surface area contributed by atoms with Gasteiger partial charge in [0.25, 0.3) is 11.5 Å². The Morgan fingerprint density at radius 2 is 1.82 bits per heavy atom. The summed E-state index contributed by atoms with van der Waals surface area (Å²) in [6, 6.07) is 16.8. The molecule has 28 heavy (non-hydrogen) atoms. The maximum absolute atomic E-state index is 12.5. The van der Waals surface area contributed by atoms with Crippen LogP contribution in [-0.2, 0) is 6.54 Å². The minimum atomic E-state index is -0.114. The molecule has 0 radical (unpaired) electrons. The maximum Gasteiger partial charge on any atom is 0.251 e. The predicted molar refractivity (Wildman–Crippen MR) is 112 cm³/mol. The van der Waals surface area contributed by atoms with Crippen molar-refractivity contribution >= 4 is 5.91 Å². The Bertz CT molecular complexity index is 1050. The van der Waals surface area contributed by atoms with E-state index in [-0.39, 0.29) is 11.5 Å². The molecule has 3 aromatic rings. The zero-order valence-corrected chi connectivity index (χ0v) is 16.5. The molecule has 1 N–H and O–H groups in total. The van der Waals surface area contributed by atoms with Gasteiger partial charge in [0.05, 0.1) is 0 Å². The van der Waals surface area contributed by atoms with Gasteiger partial charge in [0.2, 0.25) is 0 Å². The molecule has 0 saturated heterocycles. The molecule has 2 aromatic heterocycles. The van der Waals surface area contributed by atoms with E-state index in [9.17, 15) is 9.59 Å². The van der Waals surface area contributed by atoms with Crippen LogP contribution in [-0.4, -0.2) is 22.0 Å². The summed E-state index contributed by atoms with van der Waals surface area (Å²) >= 11 is 0. The monoisotopic (exact) mass is 375 g/mol. The number of hydrogen-bond donors (Lipinski definition) is 1. The van der Waals surface area contributed by atoms with E-state index in [1.54, 1.807) is 16.7 Å².